The van der Waals surface area contributed by atoms with Gasteiger partial charge in [-0.3, -0.25) is 0 Å². The lowest BCUT2D eigenvalue weighted by Gasteiger charge is -2.30. The Morgan fingerprint density at radius 1 is 1.26 bits per heavy atom. The molecule has 1 N–H and O–H groups in total. The Kier molecular flexibility index (Phi) is 5.62. The summed E-state index contributed by atoms with van der Waals surface area (Å²) in [7, 11) is -3.16. The van der Waals surface area contributed by atoms with E-state index in [0.29, 0.717) is 25.8 Å². The summed E-state index contributed by atoms with van der Waals surface area (Å²) in [6.45, 7) is 4.42. The Hall–Kier alpha value is -0.170. The molecule has 112 valence electrons. The molecule has 0 bridgehead atoms. The lowest BCUT2D eigenvalue weighted by Crippen LogP contribution is -2.47. The van der Waals surface area contributed by atoms with Crippen molar-refractivity contribution >= 4 is 10.0 Å². The number of nitrogens with one attached hydrogen (secondary N) is 1. The maximum atomic E-state index is 12.4. The minimum Gasteiger partial charge on any atom is -0.381 e. The molecule has 1 atom stereocenters. The van der Waals surface area contributed by atoms with Crippen molar-refractivity contribution in [1.29, 1.82) is 0 Å². The topological polar surface area (TPSA) is 58.6 Å². The fraction of sp³-hybridized carbons (Fsp3) is 1.00. The molecule has 1 aliphatic carbocycles. The lowest BCUT2D eigenvalue weighted by atomic mass is 10.1. The van der Waals surface area contributed by atoms with Gasteiger partial charge in [0.15, 0.2) is 0 Å². The Balaban J connectivity index is 1.90. The van der Waals surface area contributed by atoms with Crippen LogP contribution in [0.3, 0.4) is 0 Å². The van der Waals surface area contributed by atoms with Crippen LogP contribution in [0.1, 0.15) is 39.0 Å². The maximum absolute atomic E-state index is 12.4. The van der Waals surface area contributed by atoms with Gasteiger partial charge in [0.1, 0.15) is 0 Å². The zero-order valence-electron chi connectivity index (χ0n) is 11.8. The van der Waals surface area contributed by atoms with E-state index in [-0.39, 0.29) is 11.8 Å². The molecule has 1 heterocycles. The molecule has 1 saturated heterocycles. The third-order valence-corrected chi connectivity index (χ3v) is 5.66. The van der Waals surface area contributed by atoms with Gasteiger partial charge in [0.25, 0.3) is 0 Å². The molecule has 0 spiro atoms. The van der Waals surface area contributed by atoms with Gasteiger partial charge in [0, 0.05) is 25.2 Å². The monoisotopic (exact) mass is 290 g/mol. The summed E-state index contributed by atoms with van der Waals surface area (Å²) in [4.78, 5) is 0. The Labute approximate surface area is 116 Å². The highest BCUT2D eigenvalue weighted by Crippen LogP contribution is 2.30. The number of piperidine rings is 1. The van der Waals surface area contributed by atoms with Crippen molar-refractivity contribution < 1.29 is 13.2 Å². The van der Waals surface area contributed by atoms with E-state index >= 15 is 0 Å². The van der Waals surface area contributed by atoms with Gasteiger partial charge in [-0.2, -0.15) is 4.31 Å². The first-order valence-corrected chi connectivity index (χ1v) is 9.05. The number of hydrogen-bond acceptors (Lipinski definition) is 4. The molecule has 1 aliphatic heterocycles. The van der Waals surface area contributed by atoms with Crippen molar-refractivity contribution in [2.24, 2.45) is 0 Å². The van der Waals surface area contributed by atoms with Crippen LogP contribution >= 0.6 is 0 Å². The summed E-state index contributed by atoms with van der Waals surface area (Å²) in [5.41, 5.74) is 0. The minimum absolute atomic E-state index is 0.115. The third kappa shape index (κ3) is 4.70. The molecule has 1 unspecified atom stereocenters. The van der Waals surface area contributed by atoms with Gasteiger partial charge in [-0.25, -0.2) is 8.42 Å². The average molecular weight is 290 g/mol. The van der Waals surface area contributed by atoms with Crippen molar-refractivity contribution in [3.05, 3.63) is 0 Å². The Bertz CT molecular complexity index is 362. The first-order valence-electron chi connectivity index (χ1n) is 7.44. The van der Waals surface area contributed by atoms with Crippen LogP contribution in [0, 0.1) is 0 Å². The molecule has 2 fully saturated rings. The summed E-state index contributed by atoms with van der Waals surface area (Å²) in [5, 5.41) is 3.43. The second kappa shape index (κ2) is 7.02. The molecule has 2 aliphatic rings. The van der Waals surface area contributed by atoms with Crippen LogP contribution < -0.4 is 5.32 Å². The second-order valence-corrected chi connectivity index (χ2v) is 7.50. The summed E-state index contributed by atoms with van der Waals surface area (Å²) in [6.07, 6.45) is 5.53. The van der Waals surface area contributed by atoms with E-state index in [0.717, 1.165) is 25.8 Å². The molecule has 6 heteroatoms. The first kappa shape index (κ1) is 15.2. The molecular formula is C13H26N2O3S. The zero-order valence-corrected chi connectivity index (χ0v) is 12.6. The normalized spacial score (nSPS) is 24.8. The number of rotatable bonds is 8. The van der Waals surface area contributed by atoms with Crippen molar-refractivity contribution in [2.75, 3.05) is 32.1 Å². The highest BCUT2D eigenvalue weighted by atomic mass is 32.2. The predicted molar refractivity (Wildman–Crippen MR) is 75.6 cm³/mol. The van der Waals surface area contributed by atoms with Crippen LogP contribution in [0.2, 0.25) is 0 Å². The molecule has 0 aromatic heterocycles. The van der Waals surface area contributed by atoms with Gasteiger partial charge < -0.3 is 10.1 Å². The van der Waals surface area contributed by atoms with Crippen LogP contribution in [0.25, 0.3) is 0 Å². The number of nitrogens with zero attached hydrogens (tertiary/aromatic N) is 1. The fourth-order valence-electron chi connectivity index (χ4n) is 2.58. The Morgan fingerprint density at radius 2 is 2.05 bits per heavy atom. The van der Waals surface area contributed by atoms with E-state index in [2.05, 4.69) is 5.32 Å². The SMILES string of the molecule is CCOCCS(=O)(=O)N(CC1CCCCN1)C1CC1. The van der Waals surface area contributed by atoms with Crippen molar-refractivity contribution in [3.8, 4) is 0 Å². The van der Waals surface area contributed by atoms with Gasteiger partial charge in [-0.05, 0) is 39.2 Å². The Morgan fingerprint density at radius 3 is 2.63 bits per heavy atom. The smallest absolute Gasteiger partial charge is 0.216 e. The van der Waals surface area contributed by atoms with Gasteiger partial charge in [-0.15, -0.1) is 0 Å². The van der Waals surface area contributed by atoms with Crippen molar-refractivity contribution in [3.63, 3.8) is 0 Å². The van der Waals surface area contributed by atoms with Crippen LogP contribution in [0.4, 0.5) is 0 Å². The summed E-state index contributed by atoms with van der Waals surface area (Å²) in [6, 6.07) is 0.576. The summed E-state index contributed by atoms with van der Waals surface area (Å²) in [5.74, 6) is 0.115. The standard InChI is InChI=1S/C13H26N2O3S/c1-2-18-9-10-19(16,17)15(13-6-7-13)11-12-5-3-4-8-14-12/h12-14H,2-11H2,1H3. The van der Waals surface area contributed by atoms with Crippen LogP contribution in [0.15, 0.2) is 0 Å². The molecule has 1 saturated carbocycles. The van der Waals surface area contributed by atoms with E-state index in [9.17, 15) is 8.42 Å². The molecule has 0 amide bonds. The molecule has 0 aromatic carbocycles. The first-order chi connectivity index (χ1) is 9.13. The van der Waals surface area contributed by atoms with E-state index in [1.54, 1.807) is 4.31 Å². The van der Waals surface area contributed by atoms with Crippen molar-refractivity contribution in [2.45, 2.75) is 51.1 Å². The highest BCUT2D eigenvalue weighted by Gasteiger charge is 2.38. The van der Waals surface area contributed by atoms with E-state index in [1.807, 2.05) is 6.92 Å². The van der Waals surface area contributed by atoms with Gasteiger partial charge in [0.2, 0.25) is 10.0 Å². The highest BCUT2D eigenvalue weighted by molar-refractivity contribution is 7.89. The average Bonchev–Trinajstić information content (AvgIpc) is 3.21. The molecule has 0 aromatic rings. The second-order valence-electron chi connectivity index (χ2n) is 5.46. The molecule has 0 radical (unpaired) electrons. The van der Waals surface area contributed by atoms with Crippen LogP contribution in [0.5, 0.6) is 0 Å². The van der Waals surface area contributed by atoms with E-state index in [1.165, 1.54) is 12.8 Å². The molecule has 2 rings (SSSR count). The van der Waals surface area contributed by atoms with Crippen LogP contribution in [-0.4, -0.2) is 56.9 Å². The lowest BCUT2D eigenvalue weighted by molar-refractivity contribution is 0.162. The van der Waals surface area contributed by atoms with Gasteiger partial charge in [0.05, 0.1) is 12.4 Å². The number of sulfonamides is 1. The molecule has 5 nitrogen and oxygen atoms in total. The third-order valence-electron chi connectivity index (χ3n) is 3.81. The van der Waals surface area contributed by atoms with Gasteiger partial charge in [-0.1, -0.05) is 6.42 Å². The van der Waals surface area contributed by atoms with Crippen molar-refractivity contribution in [1.82, 2.24) is 9.62 Å². The summed E-state index contributed by atoms with van der Waals surface area (Å²) < 4.78 is 31.7. The van der Waals surface area contributed by atoms with Gasteiger partial charge >= 0.3 is 0 Å². The molecular weight excluding hydrogens is 264 g/mol. The molecule has 19 heavy (non-hydrogen) atoms. The van der Waals surface area contributed by atoms with E-state index in [4.69, 9.17) is 4.74 Å². The largest absolute Gasteiger partial charge is 0.381 e. The number of ether oxygens (including phenoxy) is 1. The fourth-order valence-corrected chi connectivity index (χ4v) is 4.21. The van der Waals surface area contributed by atoms with E-state index < -0.39 is 10.0 Å². The minimum atomic E-state index is -3.16. The predicted octanol–water partition coefficient (Wildman–Crippen LogP) is 0.959. The summed E-state index contributed by atoms with van der Waals surface area (Å²) >= 11 is 0. The zero-order chi connectivity index (χ0) is 13.7. The number of hydrogen-bond donors (Lipinski definition) is 1. The maximum Gasteiger partial charge on any atom is 0.216 e. The van der Waals surface area contributed by atoms with Crippen LogP contribution in [-0.2, 0) is 14.8 Å². The quantitative estimate of drug-likeness (QED) is 0.677.